The number of hydrogen-bond donors (Lipinski definition) is 1. The Morgan fingerprint density at radius 3 is 2.59 bits per heavy atom. The minimum atomic E-state index is -0.135. The molecule has 0 atom stereocenters. The second kappa shape index (κ2) is 10.2. The number of hydrogen-bond acceptors (Lipinski definition) is 4. The molecule has 0 radical (unpaired) electrons. The third kappa shape index (κ3) is 6.13. The lowest BCUT2D eigenvalue weighted by Crippen LogP contribution is -2.39. The van der Waals surface area contributed by atoms with E-state index in [0.29, 0.717) is 12.5 Å². The highest BCUT2D eigenvalue weighted by Crippen LogP contribution is 2.22. The fourth-order valence-electron chi connectivity index (χ4n) is 2.47. The Morgan fingerprint density at radius 1 is 1.26 bits per heavy atom. The van der Waals surface area contributed by atoms with Gasteiger partial charge in [-0.3, -0.25) is 14.2 Å². The van der Waals surface area contributed by atoms with Crippen molar-refractivity contribution in [2.75, 3.05) is 25.9 Å². The second-order valence-corrected chi connectivity index (χ2v) is 7.66. The van der Waals surface area contributed by atoms with E-state index >= 15 is 0 Å². The molecule has 2 aromatic rings. The minimum absolute atomic E-state index is 0.0739. The van der Waals surface area contributed by atoms with Gasteiger partial charge in [0.15, 0.2) is 5.16 Å². The molecule has 0 fully saturated rings. The van der Waals surface area contributed by atoms with Crippen LogP contribution < -0.4 is 5.32 Å². The third-order valence-electron chi connectivity index (χ3n) is 4.15. The Morgan fingerprint density at radius 2 is 1.96 bits per heavy atom. The van der Waals surface area contributed by atoms with Gasteiger partial charge in [0.25, 0.3) is 0 Å². The Bertz CT molecular complexity index is 756. The lowest BCUT2D eigenvalue weighted by molar-refractivity contribution is -0.132. The zero-order valence-corrected chi connectivity index (χ0v) is 17.3. The van der Waals surface area contributed by atoms with Crippen molar-refractivity contribution >= 4 is 23.6 Å². The molecule has 0 unspecified atom stereocenters. The lowest BCUT2D eigenvalue weighted by atomic mass is 10.0. The van der Waals surface area contributed by atoms with Crippen molar-refractivity contribution in [3.8, 4) is 5.69 Å². The van der Waals surface area contributed by atoms with E-state index in [1.54, 1.807) is 13.2 Å². The zero-order chi connectivity index (χ0) is 19.8. The van der Waals surface area contributed by atoms with Gasteiger partial charge >= 0.3 is 0 Å². The lowest BCUT2D eigenvalue weighted by Gasteiger charge is -2.16. The number of amides is 2. The van der Waals surface area contributed by atoms with Crippen molar-refractivity contribution in [2.45, 2.75) is 38.3 Å². The molecule has 1 aromatic carbocycles. The molecule has 0 aliphatic carbocycles. The highest BCUT2D eigenvalue weighted by molar-refractivity contribution is 7.99. The van der Waals surface area contributed by atoms with Gasteiger partial charge < -0.3 is 10.2 Å². The van der Waals surface area contributed by atoms with E-state index < -0.39 is 0 Å². The Balaban J connectivity index is 1.94. The van der Waals surface area contributed by atoms with Gasteiger partial charge in [0.05, 0.1) is 12.3 Å². The molecule has 2 rings (SSSR count). The van der Waals surface area contributed by atoms with Crippen molar-refractivity contribution in [1.29, 1.82) is 0 Å². The summed E-state index contributed by atoms with van der Waals surface area (Å²) in [4.78, 5) is 29.8. The second-order valence-electron chi connectivity index (χ2n) is 6.71. The van der Waals surface area contributed by atoms with E-state index in [2.05, 4.69) is 48.4 Å². The number of carbonyl (C=O) groups is 2. The Labute approximate surface area is 165 Å². The van der Waals surface area contributed by atoms with Crippen LogP contribution in [-0.2, 0) is 9.59 Å². The molecule has 2 amide bonds. The van der Waals surface area contributed by atoms with Gasteiger partial charge in [0.1, 0.15) is 0 Å². The van der Waals surface area contributed by atoms with E-state index in [1.807, 2.05) is 17.7 Å². The predicted octanol–water partition coefficient (Wildman–Crippen LogP) is 3.07. The molecular weight excluding hydrogens is 360 g/mol. The first-order valence-corrected chi connectivity index (χ1v) is 10.2. The van der Waals surface area contributed by atoms with Gasteiger partial charge in [-0.25, -0.2) is 4.98 Å². The molecular formula is C20H28N4O2S. The fraction of sp³-hybridized carbons (Fsp3) is 0.450. The average molecular weight is 389 g/mol. The molecule has 0 saturated heterocycles. The molecule has 0 spiro atoms. The summed E-state index contributed by atoms with van der Waals surface area (Å²) >= 11 is 1.37. The maximum atomic E-state index is 12.3. The van der Waals surface area contributed by atoms with Crippen LogP contribution in [0, 0.1) is 0 Å². The SMILES string of the molecule is CCCNC(=O)CN(C)C(=O)CSc1nccn1-c1ccc(C(C)C)cc1. The van der Waals surface area contributed by atoms with E-state index in [0.717, 1.165) is 17.3 Å². The van der Waals surface area contributed by atoms with Crippen LogP contribution in [0.5, 0.6) is 0 Å². The number of likely N-dealkylation sites (N-methyl/N-ethyl adjacent to an activating group) is 1. The summed E-state index contributed by atoms with van der Waals surface area (Å²) in [5.74, 6) is 0.484. The maximum absolute atomic E-state index is 12.3. The number of benzene rings is 1. The molecule has 1 N–H and O–H groups in total. The first-order valence-electron chi connectivity index (χ1n) is 9.19. The van der Waals surface area contributed by atoms with Crippen LogP contribution in [0.1, 0.15) is 38.7 Å². The summed E-state index contributed by atoms with van der Waals surface area (Å²) in [5, 5.41) is 3.53. The number of thioether (sulfide) groups is 1. The zero-order valence-electron chi connectivity index (χ0n) is 16.4. The van der Waals surface area contributed by atoms with Crippen LogP contribution in [0.2, 0.25) is 0 Å². The number of nitrogens with one attached hydrogen (secondary N) is 1. The summed E-state index contributed by atoms with van der Waals surface area (Å²) in [5.41, 5.74) is 2.30. The average Bonchev–Trinajstić information content (AvgIpc) is 3.12. The number of rotatable bonds is 9. The highest BCUT2D eigenvalue weighted by atomic mass is 32.2. The van der Waals surface area contributed by atoms with Crippen LogP contribution in [0.4, 0.5) is 0 Å². The van der Waals surface area contributed by atoms with Crippen molar-refractivity contribution in [3.63, 3.8) is 0 Å². The first kappa shape index (κ1) is 21.0. The van der Waals surface area contributed by atoms with Crippen LogP contribution in [0.25, 0.3) is 5.69 Å². The first-order chi connectivity index (χ1) is 12.9. The van der Waals surface area contributed by atoms with Crippen LogP contribution in [-0.4, -0.2) is 52.2 Å². The molecule has 1 aromatic heterocycles. The quantitative estimate of drug-likeness (QED) is 0.671. The minimum Gasteiger partial charge on any atom is -0.355 e. The van der Waals surface area contributed by atoms with Crippen molar-refractivity contribution in [2.24, 2.45) is 0 Å². The Hall–Kier alpha value is -2.28. The number of nitrogens with zero attached hydrogens (tertiary/aromatic N) is 3. The number of imidazole rings is 1. The molecule has 1 heterocycles. The molecule has 27 heavy (non-hydrogen) atoms. The van der Waals surface area contributed by atoms with Gasteiger partial charge in [-0.05, 0) is 30.0 Å². The normalized spacial score (nSPS) is 10.9. The summed E-state index contributed by atoms with van der Waals surface area (Å²) < 4.78 is 1.97. The van der Waals surface area contributed by atoms with Crippen LogP contribution in [0.15, 0.2) is 41.8 Å². The third-order valence-corrected chi connectivity index (χ3v) is 5.10. The van der Waals surface area contributed by atoms with E-state index in [1.165, 1.54) is 22.2 Å². The van der Waals surface area contributed by atoms with Crippen LogP contribution >= 0.6 is 11.8 Å². The highest BCUT2D eigenvalue weighted by Gasteiger charge is 2.15. The summed E-state index contributed by atoms with van der Waals surface area (Å²) in [7, 11) is 1.64. The van der Waals surface area contributed by atoms with E-state index in [4.69, 9.17) is 0 Å². The maximum Gasteiger partial charge on any atom is 0.239 e. The molecule has 146 valence electrons. The standard InChI is InChI=1S/C20H28N4O2S/c1-5-10-21-18(25)13-23(4)19(26)14-27-20-22-11-12-24(20)17-8-6-16(7-9-17)15(2)3/h6-9,11-12,15H,5,10,13-14H2,1-4H3,(H,21,25). The fourth-order valence-corrected chi connectivity index (χ4v) is 3.39. The topological polar surface area (TPSA) is 67.2 Å². The molecule has 0 aliphatic rings. The summed E-state index contributed by atoms with van der Waals surface area (Å²) in [6, 6.07) is 8.35. The summed E-state index contributed by atoms with van der Waals surface area (Å²) in [6.07, 6.45) is 4.49. The van der Waals surface area contributed by atoms with Gasteiger partial charge in [-0.1, -0.05) is 44.7 Å². The van der Waals surface area contributed by atoms with Crippen LogP contribution in [0.3, 0.4) is 0 Å². The van der Waals surface area contributed by atoms with Crippen molar-refractivity contribution in [3.05, 3.63) is 42.2 Å². The van der Waals surface area contributed by atoms with Gasteiger partial charge in [-0.15, -0.1) is 0 Å². The van der Waals surface area contributed by atoms with Gasteiger partial charge in [0.2, 0.25) is 11.8 Å². The molecule has 6 nitrogen and oxygen atoms in total. The molecule has 0 saturated carbocycles. The smallest absolute Gasteiger partial charge is 0.239 e. The predicted molar refractivity (Wildman–Crippen MR) is 109 cm³/mol. The largest absolute Gasteiger partial charge is 0.355 e. The monoisotopic (exact) mass is 388 g/mol. The Kier molecular flexibility index (Phi) is 7.91. The van der Waals surface area contributed by atoms with Gasteiger partial charge in [0, 0.05) is 31.7 Å². The van der Waals surface area contributed by atoms with Crippen molar-refractivity contribution < 1.29 is 9.59 Å². The number of aromatic nitrogens is 2. The molecule has 7 heteroatoms. The number of carbonyl (C=O) groups excluding carboxylic acids is 2. The summed E-state index contributed by atoms with van der Waals surface area (Å²) in [6.45, 7) is 7.02. The van der Waals surface area contributed by atoms with Gasteiger partial charge in [-0.2, -0.15) is 0 Å². The molecule has 0 aliphatic heterocycles. The van der Waals surface area contributed by atoms with E-state index in [-0.39, 0.29) is 24.1 Å². The van der Waals surface area contributed by atoms with Crippen molar-refractivity contribution in [1.82, 2.24) is 19.8 Å². The molecule has 0 bridgehead atoms. The van der Waals surface area contributed by atoms with E-state index in [9.17, 15) is 9.59 Å².